The zero-order valence-electron chi connectivity index (χ0n) is 18.6. The second kappa shape index (κ2) is 13.7. The van der Waals surface area contributed by atoms with E-state index in [1.54, 1.807) is 18.2 Å². The van der Waals surface area contributed by atoms with Gasteiger partial charge in [-0.3, -0.25) is 0 Å². The molecule has 0 aromatic carbocycles. The van der Waals surface area contributed by atoms with Crippen LogP contribution in [0.2, 0.25) is 0 Å². The summed E-state index contributed by atoms with van der Waals surface area (Å²) in [6.45, 7) is 17.9. The van der Waals surface area contributed by atoms with Crippen molar-refractivity contribution in [3.8, 4) is 0 Å². The summed E-state index contributed by atoms with van der Waals surface area (Å²) in [5.41, 5.74) is 0. The Balaban J connectivity index is 6.52. The highest BCUT2D eigenvalue weighted by molar-refractivity contribution is 7.62. The molecule has 0 amide bonds. The number of unbranched alkanes of at least 4 members (excludes halogenated alkanes) is 3. The van der Waals surface area contributed by atoms with E-state index in [2.05, 4.69) is 40.5 Å². The van der Waals surface area contributed by atoms with Crippen LogP contribution >= 0.6 is 7.92 Å². The van der Waals surface area contributed by atoms with Gasteiger partial charge in [-0.1, -0.05) is 77.5 Å². The highest BCUT2D eigenvalue weighted by atomic mass is 31.1. The fraction of sp³-hybridized carbons (Fsp3) is 0.750. The fourth-order valence-electron chi connectivity index (χ4n) is 4.15. The highest BCUT2D eigenvalue weighted by Gasteiger charge is 2.56. The minimum Gasteiger partial charge on any atom is -0.385 e. The summed E-state index contributed by atoms with van der Waals surface area (Å²) in [6, 6.07) is 0. The van der Waals surface area contributed by atoms with Crippen molar-refractivity contribution in [2.75, 3.05) is 0 Å². The van der Waals surface area contributed by atoms with E-state index < -0.39 is 23.9 Å². The summed E-state index contributed by atoms with van der Waals surface area (Å²) in [5, 5.41) is 32.2. The molecule has 0 spiro atoms. The molecule has 4 heteroatoms. The van der Waals surface area contributed by atoms with Gasteiger partial charge in [0.1, 0.15) is 0 Å². The van der Waals surface area contributed by atoms with Crippen LogP contribution in [0.25, 0.3) is 0 Å². The van der Waals surface area contributed by atoms with Crippen molar-refractivity contribution >= 4 is 7.92 Å². The average Bonchev–Trinajstić information content (AvgIpc) is 2.64. The predicted molar refractivity (Wildman–Crippen MR) is 125 cm³/mol. The third-order valence-electron chi connectivity index (χ3n) is 5.45. The van der Waals surface area contributed by atoms with Crippen molar-refractivity contribution in [2.45, 2.75) is 114 Å². The monoisotopic (exact) mass is 412 g/mol. The van der Waals surface area contributed by atoms with Gasteiger partial charge in [0.05, 0.1) is 16.0 Å². The molecule has 0 aliphatic rings. The lowest BCUT2D eigenvalue weighted by molar-refractivity contribution is 0.0437. The molecule has 3 N–H and O–H groups in total. The van der Waals surface area contributed by atoms with Gasteiger partial charge < -0.3 is 15.3 Å². The molecule has 0 radical (unpaired) electrons. The molecule has 0 saturated carbocycles. The van der Waals surface area contributed by atoms with Crippen LogP contribution in [0.1, 0.15) is 97.8 Å². The van der Waals surface area contributed by atoms with E-state index in [0.29, 0.717) is 38.5 Å². The van der Waals surface area contributed by atoms with Crippen LogP contribution in [-0.4, -0.2) is 31.3 Å². The van der Waals surface area contributed by atoms with Crippen LogP contribution in [0.3, 0.4) is 0 Å². The molecule has 164 valence electrons. The molecule has 0 aliphatic carbocycles. The highest BCUT2D eigenvalue weighted by Crippen LogP contribution is 2.72. The van der Waals surface area contributed by atoms with Gasteiger partial charge in [0.15, 0.2) is 0 Å². The molecule has 0 rings (SSSR count). The molecular formula is C24H45O3P. The van der Waals surface area contributed by atoms with Crippen molar-refractivity contribution < 1.29 is 15.3 Å². The van der Waals surface area contributed by atoms with Gasteiger partial charge in [-0.15, -0.1) is 19.7 Å². The zero-order valence-corrected chi connectivity index (χ0v) is 19.5. The molecule has 3 unspecified atom stereocenters. The second-order valence-corrected chi connectivity index (χ2v) is 11.2. The van der Waals surface area contributed by atoms with E-state index in [9.17, 15) is 15.3 Å². The number of hydrogen-bond acceptors (Lipinski definition) is 3. The first-order chi connectivity index (χ1) is 13.2. The van der Waals surface area contributed by atoms with E-state index in [1.165, 1.54) is 0 Å². The number of rotatable bonds is 18. The molecule has 0 aromatic rings. The maximum atomic E-state index is 11.9. The molecule has 0 aromatic heterocycles. The van der Waals surface area contributed by atoms with E-state index >= 15 is 0 Å². The normalized spacial score (nSPS) is 19.1. The van der Waals surface area contributed by atoms with Gasteiger partial charge in [0, 0.05) is 0 Å². The average molecular weight is 413 g/mol. The van der Waals surface area contributed by atoms with Crippen LogP contribution in [0.15, 0.2) is 38.0 Å². The van der Waals surface area contributed by atoms with Crippen LogP contribution < -0.4 is 0 Å². The summed E-state index contributed by atoms with van der Waals surface area (Å²) >= 11 is 0. The summed E-state index contributed by atoms with van der Waals surface area (Å²) in [7, 11) is -1.60. The lowest BCUT2D eigenvalue weighted by atomic mass is 10.1. The van der Waals surface area contributed by atoms with Gasteiger partial charge in [0.2, 0.25) is 0 Å². The number of hydrogen-bond donors (Lipinski definition) is 3. The third kappa shape index (κ3) is 7.75. The summed E-state index contributed by atoms with van der Waals surface area (Å²) in [6.07, 6.45) is 13.4. The minimum absolute atomic E-state index is 0.371. The van der Waals surface area contributed by atoms with Crippen LogP contribution in [-0.2, 0) is 0 Å². The maximum Gasteiger partial charge on any atom is 0.0924 e. The standard InChI is InChI=1S/C24H45O3P/c1-7-13-19-22(25,16-10-4)28(23(26,17-11-5)20-14-8-2)24(27,18-12-6)21-15-9-3/h10-12,25-27H,4-9,13-21H2,1-3H3. The Hall–Kier alpha value is -0.470. The molecular weight excluding hydrogens is 367 g/mol. The Kier molecular flexibility index (Phi) is 13.5. The smallest absolute Gasteiger partial charge is 0.0924 e. The number of aliphatic hydroxyl groups is 3. The van der Waals surface area contributed by atoms with Crippen LogP contribution in [0.4, 0.5) is 0 Å². The molecule has 0 saturated heterocycles. The Morgan fingerprint density at radius 2 is 0.857 bits per heavy atom. The predicted octanol–water partition coefficient (Wildman–Crippen LogP) is 6.83. The van der Waals surface area contributed by atoms with E-state index in [4.69, 9.17) is 0 Å². The molecule has 0 aliphatic heterocycles. The SMILES string of the molecule is C=CCC(O)(CCCC)P(C(O)(CC=C)CCCC)C(O)(CC=C)CCCC. The first-order valence-corrected chi connectivity index (χ1v) is 12.4. The van der Waals surface area contributed by atoms with Crippen molar-refractivity contribution in [2.24, 2.45) is 0 Å². The van der Waals surface area contributed by atoms with Crippen molar-refractivity contribution in [1.82, 2.24) is 0 Å². The van der Waals surface area contributed by atoms with E-state index in [-0.39, 0.29) is 0 Å². The fourth-order valence-corrected chi connectivity index (χ4v) is 8.56. The minimum atomic E-state index is -1.60. The summed E-state index contributed by atoms with van der Waals surface area (Å²) in [5.74, 6) is 0. The van der Waals surface area contributed by atoms with Crippen LogP contribution in [0.5, 0.6) is 0 Å². The topological polar surface area (TPSA) is 60.7 Å². The molecule has 0 bridgehead atoms. The molecule has 3 atom stereocenters. The largest absolute Gasteiger partial charge is 0.385 e. The molecule has 28 heavy (non-hydrogen) atoms. The van der Waals surface area contributed by atoms with Gasteiger partial charge in [0.25, 0.3) is 0 Å². The summed E-state index contributed by atoms with van der Waals surface area (Å²) < 4.78 is 0. The van der Waals surface area contributed by atoms with Gasteiger partial charge in [-0.25, -0.2) is 0 Å². The first-order valence-electron chi connectivity index (χ1n) is 11.0. The van der Waals surface area contributed by atoms with E-state index in [1.807, 2.05) is 0 Å². The second-order valence-electron chi connectivity index (χ2n) is 8.07. The lowest BCUT2D eigenvalue weighted by Crippen LogP contribution is -2.47. The van der Waals surface area contributed by atoms with Gasteiger partial charge in [-0.05, 0) is 46.4 Å². The lowest BCUT2D eigenvalue weighted by Gasteiger charge is -2.53. The van der Waals surface area contributed by atoms with E-state index in [0.717, 1.165) is 38.5 Å². The maximum absolute atomic E-state index is 11.9. The molecule has 0 heterocycles. The Bertz CT molecular complexity index is 400. The molecule has 3 nitrogen and oxygen atoms in total. The zero-order chi connectivity index (χ0) is 21.7. The van der Waals surface area contributed by atoms with Gasteiger partial charge >= 0.3 is 0 Å². The summed E-state index contributed by atoms with van der Waals surface area (Å²) in [4.78, 5) is 0. The Morgan fingerprint density at radius 1 is 0.607 bits per heavy atom. The van der Waals surface area contributed by atoms with Crippen molar-refractivity contribution in [3.63, 3.8) is 0 Å². The van der Waals surface area contributed by atoms with Gasteiger partial charge in [-0.2, -0.15) is 0 Å². The van der Waals surface area contributed by atoms with Crippen molar-refractivity contribution in [1.29, 1.82) is 0 Å². The quantitative estimate of drug-likeness (QED) is 0.171. The third-order valence-corrected chi connectivity index (χ3v) is 9.17. The Labute approximate surface area is 175 Å². The van der Waals surface area contributed by atoms with Crippen molar-refractivity contribution in [3.05, 3.63) is 38.0 Å². The van der Waals surface area contributed by atoms with Crippen LogP contribution in [0, 0.1) is 0 Å². The molecule has 0 fully saturated rings. The first kappa shape index (κ1) is 27.5. The Morgan fingerprint density at radius 3 is 1.04 bits per heavy atom.